The fourth-order valence-corrected chi connectivity index (χ4v) is 3.36. The molecule has 1 aromatic carbocycles. The minimum Gasteiger partial charge on any atom is -0.445 e. The summed E-state index contributed by atoms with van der Waals surface area (Å²) in [4.78, 5) is 0. The van der Waals surface area contributed by atoms with Crippen LogP contribution in [0.15, 0.2) is 24.3 Å². The molecule has 0 aromatic heterocycles. The SMILES string of the molecule is CCCC[N+](CCCC)(CCCC)CCCC.Fc1cccc([B-](F)(F)F)c1. The smallest absolute Gasteiger partial charge is 0.445 e. The van der Waals surface area contributed by atoms with Gasteiger partial charge in [-0.3, -0.25) is 0 Å². The van der Waals surface area contributed by atoms with Gasteiger partial charge in [0.25, 0.3) is 0 Å². The fraction of sp³-hybridized carbons (Fsp3) is 0.727. The second kappa shape index (κ2) is 14.9. The van der Waals surface area contributed by atoms with Crippen LogP contribution in [0.4, 0.5) is 17.3 Å². The van der Waals surface area contributed by atoms with Crippen LogP contribution in [0, 0.1) is 5.82 Å². The lowest BCUT2D eigenvalue weighted by atomic mass is 9.80. The number of unbranched alkanes of at least 4 members (excludes halogenated alkanes) is 4. The van der Waals surface area contributed by atoms with Crippen LogP contribution < -0.4 is 5.46 Å². The number of rotatable bonds is 13. The quantitative estimate of drug-likeness (QED) is 0.191. The molecule has 0 atom stereocenters. The van der Waals surface area contributed by atoms with E-state index in [0.29, 0.717) is 6.07 Å². The molecule has 164 valence electrons. The molecule has 0 aliphatic carbocycles. The van der Waals surface area contributed by atoms with Crippen molar-refractivity contribution in [2.75, 3.05) is 26.2 Å². The standard InChI is InChI=1S/C16H36N.C6H4BF4/c1-5-9-13-17(14-10-6-2,15-11-7-3)16-12-8-4;8-6-3-1-2-5(4-6)7(9,10)11/h5-16H2,1-4H3;1-4H/q+1;-1. The number of quaternary nitrogens is 1. The Morgan fingerprint density at radius 1 is 0.714 bits per heavy atom. The van der Waals surface area contributed by atoms with E-state index in [1.54, 1.807) is 0 Å². The van der Waals surface area contributed by atoms with E-state index in [2.05, 4.69) is 27.7 Å². The van der Waals surface area contributed by atoms with Gasteiger partial charge in [0.15, 0.2) is 0 Å². The average molecular weight is 405 g/mol. The van der Waals surface area contributed by atoms with Crippen molar-refractivity contribution in [2.45, 2.75) is 79.1 Å². The van der Waals surface area contributed by atoms with E-state index in [9.17, 15) is 17.3 Å². The molecule has 0 unspecified atom stereocenters. The zero-order chi connectivity index (χ0) is 21.5. The first kappa shape index (κ1) is 27.0. The molecule has 0 saturated carbocycles. The molecule has 1 rings (SSSR count). The van der Waals surface area contributed by atoms with Crippen molar-refractivity contribution >= 4 is 12.4 Å². The number of nitrogens with zero attached hydrogens (tertiary/aromatic N) is 1. The Labute approximate surface area is 170 Å². The third kappa shape index (κ3) is 11.7. The van der Waals surface area contributed by atoms with E-state index in [4.69, 9.17) is 0 Å². The van der Waals surface area contributed by atoms with Crippen LogP contribution in [0.3, 0.4) is 0 Å². The maximum atomic E-state index is 12.2. The molecular weight excluding hydrogens is 365 g/mol. The maximum absolute atomic E-state index is 12.2. The van der Waals surface area contributed by atoms with Gasteiger partial charge < -0.3 is 17.4 Å². The zero-order valence-electron chi connectivity index (χ0n) is 18.3. The van der Waals surface area contributed by atoms with Gasteiger partial charge in [0.05, 0.1) is 26.2 Å². The van der Waals surface area contributed by atoms with E-state index < -0.39 is 18.3 Å². The van der Waals surface area contributed by atoms with Crippen LogP contribution in [0.5, 0.6) is 0 Å². The van der Waals surface area contributed by atoms with Crippen molar-refractivity contribution in [1.29, 1.82) is 0 Å². The van der Waals surface area contributed by atoms with Crippen LogP contribution in [-0.2, 0) is 0 Å². The van der Waals surface area contributed by atoms with Crippen molar-refractivity contribution < 1.29 is 21.8 Å². The molecule has 0 bridgehead atoms. The molecule has 1 nitrogen and oxygen atoms in total. The number of hydrogen-bond acceptors (Lipinski definition) is 0. The van der Waals surface area contributed by atoms with Crippen molar-refractivity contribution in [2.24, 2.45) is 0 Å². The molecular formula is C22H40BF4N. The second-order valence-corrected chi connectivity index (χ2v) is 7.78. The van der Waals surface area contributed by atoms with Gasteiger partial charge in [0, 0.05) is 0 Å². The summed E-state index contributed by atoms with van der Waals surface area (Å²) < 4.78 is 49.2. The molecule has 1 aromatic rings. The summed E-state index contributed by atoms with van der Waals surface area (Å²) in [5.74, 6) is -0.860. The predicted molar refractivity (Wildman–Crippen MR) is 114 cm³/mol. The second-order valence-electron chi connectivity index (χ2n) is 7.78. The van der Waals surface area contributed by atoms with E-state index in [0.717, 1.165) is 18.2 Å². The first-order chi connectivity index (χ1) is 13.2. The van der Waals surface area contributed by atoms with Gasteiger partial charge in [-0.25, -0.2) is 4.39 Å². The van der Waals surface area contributed by atoms with Gasteiger partial charge >= 0.3 is 6.98 Å². The van der Waals surface area contributed by atoms with E-state index in [1.807, 2.05) is 0 Å². The first-order valence-corrected chi connectivity index (χ1v) is 11.0. The van der Waals surface area contributed by atoms with Gasteiger partial charge in [0.1, 0.15) is 5.82 Å². The molecule has 28 heavy (non-hydrogen) atoms. The number of hydrogen-bond donors (Lipinski definition) is 0. The Bertz CT molecular complexity index is 468. The Kier molecular flexibility index (Phi) is 14.3. The topological polar surface area (TPSA) is 0 Å². The third-order valence-corrected chi connectivity index (χ3v) is 5.17. The number of halogens is 4. The lowest BCUT2D eigenvalue weighted by Crippen LogP contribution is -2.50. The molecule has 0 aliphatic heterocycles. The molecule has 0 fully saturated rings. The molecule has 0 radical (unpaired) electrons. The third-order valence-electron chi connectivity index (χ3n) is 5.17. The highest BCUT2D eigenvalue weighted by molar-refractivity contribution is 6.73. The van der Waals surface area contributed by atoms with Crippen molar-refractivity contribution in [1.82, 2.24) is 0 Å². The Balaban J connectivity index is 0.000000567. The highest BCUT2D eigenvalue weighted by Crippen LogP contribution is 2.16. The summed E-state index contributed by atoms with van der Waals surface area (Å²) in [6.45, 7) is 9.96. The van der Waals surface area contributed by atoms with Gasteiger partial charge in [0.2, 0.25) is 0 Å². The minimum absolute atomic E-state index is 0.486. The first-order valence-electron chi connectivity index (χ1n) is 11.0. The monoisotopic (exact) mass is 405 g/mol. The van der Waals surface area contributed by atoms with Crippen molar-refractivity contribution in [3.05, 3.63) is 30.1 Å². The van der Waals surface area contributed by atoms with Crippen LogP contribution in [0.2, 0.25) is 0 Å². The molecule has 0 aliphatic rings. The van der Waals surface area contributed by atoms with Crippen molar-refractivity contribution in [3.8, 4) is 0 Å². The maximum Gasteiger partial charge on any atom is 0.509 e. The molecule has 0 saturated heterocycles. The summed E-state index contributed by atoms with van der Waals surface area (Å²) in [6, 6.07) is 3.36. The van der Waals surface area contributed by atoms with Gasteiger partial charge in [-0.1, -0.05) is 71.6 Å². The molecule has 6 heteroatoms. The summed E-state index contributed by atoms with van der Waals surface area (Å²) in [5.41, 5.74) is -0.898. The van der Waals surface area contributed by atoms with E-state index in [1.165, 1.54) is 82.0 Å². The van der Waals surface area contributed by atoms with Crippen LogP contribution in [0.25, 0.3) is 0 Å². The lowest BCUT2D eigenvalue weighted by Gasteiger charge is -2.39. The number of benzene rings is 1. The summed E-state index contributed by atoms with van der Waals surface area (Å²) >= 11 is 0. The summed E-state index contributed by atoms with van der Waals surface area (Å²) in [6.07, 6.45) is 11.1. The van der Waals surface area contributed by atoms with Crippen LogP contribution >= 0.6 is 0 Å². The van der Waals surface area contributed by atoms with Gasteiger partial charge in [-0.05, 0) is 31.7 Å². The lowest BCUT2D eigenvalue weighted by molar-refractivity contribution is -0.929. The highest BCUT2D eigenvalue weighted by Gasteiger charge is 2.25. The van der Waals surface area contributed by atoms with E-state index >= 15 is 0 Å². The normalized spacial score (nSPS) is 11.9. The van der Waals surface area contributed by atoms with Crippen molar-refractivity contribution in [3.63, 3.8) is 0 Å². The molecule has 0 spiro atoms. The zero-order valence-corrected chi connectivity index (χ0v) is 18.3. The summed E-state index contributed by atoms with van der Waals surface area (Å²) in [5, 5.41) is 0. The van der Waals surface area contributed by atoms with Gasteiger partial charge in [-0.2, -0.15) is 0 Å². The largest absolute Gasteiger partial charge is 0.509 e. The minimum atomic E-state index is -5.06. The Hall–Kier alpha value is -1.04. The van der Waals surface area contributed by atoms with Gasteiger partial charge in [-0.15, -0.1) is 5.46 Å². The molecule has 0 amide bonds. The fourth-order valence-electron chi connectivity index (χ4n) is 3.36. The summed E-state index contributed by atoms with van der Waals surface area (Å²) in [7, 11) is 0. The average Bonchev–Trinajstić information content (AvgIpc) is 2.67. The van der Waals surface area contributed by atoms with Crippen LogP contribution in [-0.4, -0.2) is 37.6 Å². The van der Waals surface area contributed by atoms with E-state index in [-0.39, 0.29) is 0 Å². The highest BCUT2D eigenvalue weighted by atomic mass is 19.4. The predicted octanol–water partition coefficient (Wildman–Crippen LogP) is 6.88. The Morgan fingerprint density at radius 2 is 1.11 bits per heavy atom. The Morgan fingerprint density at radius 3 is 1.36 bits per heavy atom. The van der Waals surface area contributed by atoms with Crippen LogP contribution in [0.1, 0.15) is 79.1 Å². The molecule has 0 heterocycles. The molecule has 0 N–H and O–H groups in total.